The number of rotatable bonds is 5. The molecule has 0 aliphatic heterocycles. The first-order chi connectivity index (χ1) is 12.0. The number of carbonyl (C=O) groups is 2. The molecule has 0 aliphatic rings. The van der Waals surface area contributed by atoms with Crippen molar-refractivity contribution < 1.29 is 19.1 Å². The van der Waals surface area contributed by atoms with E-state index in [9.17, 15) is 9.59 Å². The Morgan fingerprint density at radius 1 is 1.24 bits per heavy atom. The van der Waals surface area contributed by atoms with Crippen LogP contribution < -0.4 is 5.32 Å². The molecule has 128 valence electrons. The molecular formula is C18H17N3O4. The molecular weight excluding hydrogens is 322 g/mol. The van der Waals surface area contributed by atoms with Gasteiger partial charge in [-0.15, -0.1) is 0 Å². The van der Waals surface area contributed by atoms with E-state index in [0.29, 0.717) is 22.7 Å². The van der Waals surface area contributed by atoms with Crippen LogP contribution in [0.4, 0.5) is 0 Å². The van der Waals surface area contributed by atoms with Crippen LogP contribution in [-0.4, -0.2) is 26.8 Å². The molecule has 0 unspecified atom stereocenters. The van der Waals surface area contributed by atoms with Gasteiger partial charge < -0.3 is 14.8 Å². The number of aromatic nitrogens is 2. The topological polar surface area (TPSA) is 97.4 Å². The molecule has 0 aliphatic carbocycles. The lowest BCUT2D eigenvalue weighted by molar-refractivity contribution is 0.0695. The van der Waals surface area contributed by atoms with Gasteiger partial charge >= 0.3 is 5.97 Å². The highest BCUT2D eigenvalue weighted by molar-refractivity contribution is 5.94. The molecule has 25 heavy (non-hydrogen) atoms. The molecule has 0 fully saturated rings. The lowest BCUT2D eigenvalue weighted by Crippen LogP contribution is -2.26. The minimum atomic E-state index is -1.02. The number of nitrogens with zero attached hydrogens (tertiary/aromatic N) is 2. The summed E-state index contributed by atoms with van der Waals surface area (Å²) in [6.45, 7) is 3.52. The Morgan fingerprint density at radius 2 is 1.96 bits per heavy atom. The first-order valence-corrected chi connectivity index (χ1v) is 7.70. The van der Waals surface area contributed by atoms with Crippen LogP contribution in [0.2, 0.25) is 0 Å². The highest BCUT2D eigenvalue weighted by Crippen LogP contribution is 2.16. The predicted octanol–water partition coefficient (Wildman–Crippen LogP) is 2.96. The number of carboxylic acid groups (broad SMARTS) is 1. The van der Waals surface area contributed by atoms with E-state index in [1.807, 2.05) is 6.92 Å². The smallest absolute Gasteiger partial charge is 0.339 e. The van der Waals surface area contributed by atoms with Gasteiger partial charge in [0.15, 0.2) is 0 Å². The summed E-state index contributed by atoms with van der Waals surface area (Å²) >= 11 is 0. The average Bonchev–Trinajstić information content (AvgIpc) is 3.24. The Hall–Kier alpha value is -3.35. The van der Waals surface area contributed by atoms with Gasteiger partial charge in [-0.25, -0.2) is 9.48 Å². The van der Waals surface area contributed by atoms with Crippen LogP contribution in [0.25, 0.3) is 5.69 Å². The fraction of sp³-hybridized carbons (Fsp3) is 0.167. The highest BCUT2D eigenvalue weighted by Gasteiger charge is 2.15. The zero-order valence-electron chi connectivity index (χ0n) is 13.8. The number of carboxylic acids is 1. The second kappa shape index (κ2) is 6.64. The average molecular weight is 339 g/mol. The van der Waals surface area contributed by atoms with Gasteiger partial charge in [-0.1, -0.05) is 0 Å². The number of amides is 1. The highest BCUT2D eigenvalue weighted by atomic mass is 16.4. The molecule has 1 aromatic carbocycles. The largest absolute Gasteiger partial charge is 0.478 e. The molecule has 2 aromatic heterocycles. The fourth-order valence-corrected chi connectivity index (χ4v) is 2.52. The molecule has 0 saturated carbocycles. The van der Waals surface area contributed by atoms with Crippen LogP contribution in [0, 0.1) is 6.92 Å². The zero-order chi connectivity index (χ0) is 18.0. The first kappa shape index (κ1) is 16.5. The van der Waals surface area contributed by atoms with Crippen LogP contribution in [0.3, 0.4) is 0 Å². The maximum Gasteiger partial charge on any atom is 0.339 e. The molecule has 3 rings (SSSR count). The number of hydrogen-bond donors (Lipinski definition) is 2. The van der Waals surface area contributed by atoms with E-state index in [4.69, 9.17) is 9.52 Å². The Morgan fingerprint density at radius 3 is 2.52 bits per heavy atom. The molecule has 0 radical (unpaired) electrons. The molecule has 7 nitrogen and oxygen atoms in total. The SMILES string of the molecule is Cc1c(C(=O)O)cnn1-c1ccc(C(=O)N[C@H](C)c2ccco2)cc1. The van der Waals surface area contributed by atoms with Crippen molar-refractivity contribution in [2.75, 3.05) is 0 Å². The van der Waals surface area contributed by atoms with Crippen molar-refractivity contribution >= 4 is 11.9 Å². The van der Waals surface area contributed by atoms with Crippen molar-refractivity contribution in [3.63, 3.8) is 0 Å². The molecule has 1 amide bonds. The third-order valence-corrected chi connectivity index (χ3v) is 3.93. The van der Waals surface area contributed by atoms with Crippen LogP contribution in [-0.2, 0) is 0 Å². The van der Waals surface area contributed by atoms with E-state index in [-0.39, 0.29) is 17.5 Å². The second-order valence-electron chi connectivity index (χ2n) is 5.62. The fourth-order valence-electron chi connectivity index (χ4n) is 2.52. The summed E-state index contributed by atoms with van der Waals surface area (Å²) in [5.74, 6) is -0.566. The summed E-state index contributed by atoms with van der Waals surface area (Å²) in [7, 11) is 0. The minimum absolute atomic E-state index is 0.147. The van der Waals surface area contributed by atoms with E-state index in [1.54, 1.807) is 49.6 Å². The number of carbonyl (C=O) groups excluding carboxylic acids is 1. The van der Waals surface area contributed by atoms with Gasteiger partial charge in [0.25, 0.3) is 5.91 Å². The van der Waals surface area contributed by atoms with Crippen molar-refractivity contribution in [3.8, 4) is 5.69 Å². The molecule has 7 heteroatoms. The summed E-state index contributed by atoms with van der Waals surface area (Å²) in [5.41, 5.74) is 1.84. The summed E-state index contributed by atoms with van der Waals surface area (Å²) in [6.07, 6.45) is 2.87. The minimum Gasteiger partial charge on any atom is -0.478 e. The summed E-state index contributed by atoms with van der Waals surface area (Å²) in [5, 5.41) is 16.0. The maximum absolute atomic E-state index is 12.3. The van der Waals surface area contributed by atoms with Crippen LogP contribution in [0.15, 0.2) is 53.3 Å². The second-order valence-corrected chi connectivity index (χ2v) is 5.62. The lowest BCUT2D eigenvalue weighted by atomic mass is 10.1. The first-order valence-electron chi connectivity index (χ1n) is 7.70. The van der Waals surface area contributed by atoms with Crippen molar-refractivity contribution in [1.82, 2.24) is 15.1 Å². The van der Waals surface area contributed by atoms with Crippen molar-refractivity contribution in [1.29, 1.82) is 0 Å². The van der Waals surface area contributed by atoms with E-state index >= 15 is 0 Å². The summed E-state index contributed by atoms with van der Waals surface area (Å²) in [4.78, 5) is 23.4. The van der Waals surface area contributed by atoms with E-state index in [1.165, 1.54) is 10.9 Å². The quantitative estimate of drug-likeness (QED) is 0.745. The van der Waals surface area contributed by atoms with Gasteiger partial charge in [0.1, 0.15) is 11.3 Å². The number of hydrogen-bond acceptors (Lipinski definition) is 4. The molecule has 2 heterocycles. The van der Waals surface area contributed by atoms with E-state index in [2.05, 4.69) is 10.4 Å². The van der Waals surface area contributed by atoms with Gasteiger partial charge in [0.2, 0.25) is 0 Å². The number of benzene rings is 1. The summed E-state index contributed by atoms with van der Waals surface area (Å²) < 4.78 is 6.79. The molecule has 0 saturated heterocycles. The molecule has 3 aromatic rings. The lowest BCUT2D eigenvalue weighted by Gasteiger charge is -2.12. The van der Waals surface area contributed by atoms with Crippen molar-refractivity contribution in [3.05, 3.63) is 71.4 Å². The monoisotopic (exact) mass is 339 g/mol. The van der Waals surface area contributed by atoms with E-state index in [0.717, 1.165) is 0 Å². The van der Waals surface area contributed by atoms with Gasteiger partial charge in [-0.3, -0.25) is 4.79 Å². The number of aromatic carboxylic acids is 1. The Bertz CT molecular complexity index is 895. The normalized spacial score (nSPS) is 11.9. The zero-order valence-corrected chi connectivity index (χ0v) is 13.8. The van der Waals surface area contributed by atoms with Crippen LogP contribution in [0.1, 0.15) is 45.1 Å². The Labute approximate surface area is 143 Å². The molecule has 1 atom stereocenters. The Kier molecular flexibility index (Phi) is 4.38. The maximum atomic E-state index is 12.3. The van der Waals surface area contributed by atoms with Gasteiger partial charge in [-0.2, -0.15) is 5.10 Å². The van der Waals surface area contributed by atoms with Crippen LogP contribution >= 0.6 is 0 Å². The van der Waals surface area contributed by atoms with Gasteiger partial charge in [0.05, 0.1) is 29.9 Å². The predicted molar refractivity (Wildman–Crippen MR) is 89.8 cm³/mol. The third kappa shape index (κ3) is 3.30. The van der Waals surface area contributed by atoms with Crippen molar-refractivity contribution in [2.45, 2.75) is 19.9 Å². The van der Waals surface area contributed by atoms with E-state index < -0.39 is 5.97 Å². The summed E-state index contributed by atoms with van der Waals surface area (Å²) in [6, 6.07) is 10.1. The molecule has 2 N–H and O–H groups in total. The van der Waals surface area contributed by atoms with Gasteiger partial charge in [0, 0.05) is 5.56 Å². The Balaban J connectivity index is 1.76. The van der Waals surface area contributed by atoms with Gasteiger partial charge in [-0.05, 0) is 50.2 Å². The molecule has 0 spiro atoms. The number of furan rings is 1. The number of nitrogens with one attached hydrogen (secondary N) is 1. The standard InChI is InChI=1S/C18H17N3O4/c1-11(16-4-3-9-25-16)20-17(22)13-5-7-14(8-6-13)21-12(2)15(10-19-21)18(23)24/h3-11H,1-2H3,(H,20,22)(H,23,24)/t11-/m1/s1. The van der Waals surface area contributed by atoms with Crippen LogP contribution in [0.5, 0.6) is 0 Å². The molecule has 0 bridgehead atoms. The van der Waals surface area contributed by atoms with Crippen molar-refractivity contribution in [2.24, 2.45) is 0 Å². The third-order valence-electron chi connectivity index (χ3n) is 3.93.